The van der Waals surface area contributed by atoms with Gasteiger partial charge in [-0.15, -0.1) is 0 Å². The van der Waals surface area contributed by atoms with Crippen LogP contribution in [0.25, 0.3) is 6.08 Å². The van der Waals surface area contributed by atoms with E-state index in [0.29, 0.717) is 0 Å². The molecule has 1 aromatic carbocycles. The van der Waals surface area contributed by atoms with Crippen LogP contribution in [0.2, 0.25) is 0 Å². The van der Waals surface area contributed by atoms with Crippen LogP contribution in [0.15, 0.2) is 24.3 Å². The van der Waals surface area contributed by atoms with Crippen molar-refractivity contribution in [3.8, 4) is 0 Å². The maximum absolute atomic E-state index is 12.1. The fraction of sp³-hybridized carbons (Fsp3) is 0.286. The first-order valence-corrected chi connectivity index (χ1v) is 5.67. The molecule has 4 nitrogen and oxygen atoms in total. The van der Waals surface area contributed by atoms with Gasteiger partial charge in [0, 0.05) is 18.8 Å². The highest BCUT2D eigenvalue weighted by molar-refractivity contribution is 6.07. The second kappa shape index (κ2) is 3.98. The lowest BCUT2D eigenvalue weighted by Crippen LogP contribution is -2.33. The number of aliphatic carboxylic acids is 1. The van der Waals surface area contributed by atoms with E-state index in [1.807, 2.05) is 32.0 Å². The first-order chi connectivity index (χ1) is 8.34. The molecule has 0 fully saturated rings. The van der Waals surface area contributed by atoms with Crippen molar-refractivity contribution in [2.45, 2.75) is 19.3 Å². The molecule has 0 bridgehead atoms. The molecule has 0 radical (unpaired) electrons. The van der Waals surface area contributed by atoms with Gasteiger partial charge in [-0.2, -0.15) is 0 Å². The van der Waals surface area contributed by atoms with Crippen molar-refractivity contribution in [2.75, 3.05) is 11.9 Å². The number of carbonyl (C=O) groups excluding carboxylic acids is 1. The summed E-state index contributed by atoms with van der Waals surface area (Å²) in [5, 5.41) is 8.61. The zero-order valence-electron chi connectivity index (χ0n) is 10.6. The maximum Gasteiger partial charge on any atom is 0.328 e. The molecule has 1 N–H and O–H groups in total. The van der Waals surface area contributed by atoms with Crippen LogP contribution in [-0.4, -0.2) is 24.0 Å². The highest BCUT2D eigenvalue weighted by Gasteiger charge is 2.41. The summed E-state index contributed by atoms with van der Waals surface area (Å²) in [6, 6.07) is 5.53. The Morgan fingerprint density at radius 2 is 2.06 bits per heavy atom. The highest BCUT2D eigenvalue weighted by atomic mass is 16.4. The SMILES string of the molecule is CN1C(=O)C(C)(C)c2cc(/C=C/C(=O)O)ccc21. The van der Waals surface area contributed by atoms with Crippen LogP contribution in [0.3, 0.4) is 0 Å². The number of carboxylic acids is 1. The van der Waals surface area contributed by atoms with Crippen LogP contribution in [0.5, 0.6) is 0 Å². The minimum Gasteiger partial charge on any atom is -0.478 e. The summed E-state index contributed by atoms with van der Waals surface area (Å²) >= 11 is 0. The predicted molar refractivity (Wildman–Crippen MR) is 69.5 cm³/mol. The molecule has 2 rings (SSSR count). The molecule has 94 valence electrons. The van der Waals surface area contributed by atoms with E-state index in [1.165, 1.54) is 6.08 Å². The van der Waals surface area contributed by atoms with Gasteiger partial charge >= 0.3 is 5.97 Å². The Morgan fingerprint density at radius 3 is 2.67 bits per heavy atom. The van der Waals surface area contributed by atoms with Gasteiger partial charge in [-0.1, -0.05) is 6.07 Å². The molecule has 1 amide bonds. The van der Waals surface area contributed by atoms with E-state index in [4.69, 9.17) is 5.11 Å². The average molecular weight is 245 g/mol. The number of anilines is 1. The molecule has 0 aliphatic carbocycles. The lowest BCUT2D eigenvalue weighted by molar-refractivity contribution is -0.131. The summed E-state index contributed by atoms with van der Waals surface area (Å²) in [4.78, 5) is 24.2. The van der Waals surface area contributed by atoms with Gasteiger partial charge in [0.2, 0.25) is 5.91 Å². The second-order valence-electron chi connectivity index (χ2n) is 4.94. The van der Waals surface area contributed by atoms with Crippen molar-refractivity contribution in [1.82, 2.24) is 0 Å². The van der Waals surface area contributed by atoms with Gasteiger partial charge in [0.25, 0.3) is 0 Å². The Balaban J connectivity index is 2.48. The summed E-state index contributed by atoms with van der Waals surface area (Å²) in [6.45, 7) is 3.75. The van der Waals surface area contributed by atoms with E-state index in [9.17, 15) is 9.59 Å². The van der Waals surface area contributed by atoms with Gasteiger partial charge in [0.05, 0.1) is 5.41 Å². The monoisotopic (exact) mass is 245 g/mol. The number of hydrogen-bond acceptors (Lipinski definition) is 2. The Hall–Kier alpha value is -2.10. The molecule has 0 aromatic heterocycles. The Kier molecular flexibility index (Phi) is 2.73. The fourth-order valence-electron chi connectivity index (χ4n) is 2.26. The van der Waals surface area contributed by atoms with Crippen LogP contribution in [0.1, 0.15) is 25.0 Å². The lowest BCUT2D eigenvalue weighted by atomic mass is 9.85. The maximum atomic E-state index is 12.1. The molecule has 0 unspecified atom stereocenters. The largest absolute Gasteiger partial charge is 0.478 e. The van der Waals surface area contributed by atoms with Crippen LogP contribution < -0.4 is 4.90 Å². The Morgan fingerprint density at radius 1 is 1.39 bits per heavy atom. The number of carboxylic acid groups (broad SMARTS) is 1. The average Bonchev–Trinajstić information content (AvgIpc) is 2.49. The fourth-order valence-corrected chi connectivity index (χ4v) is 2.26. The predicted octanol–water partition coefficient (Wildman–Crippen LogP) is 2.04. The van der Waals surface area contributed by atoms with Crippen LogP contribution in [0, 0.1) is 0 Å². The zero-order chi connectivity index (χ0) is 13.5. The number of fused-ring (bicyclic) bond motifs is 1. The van der Waals surface area contributed by atoms with Gasteiger partial charge in [-0.25, -0.2) is 4.79 Å². The molecule has 18 heavy (non-hydrogen) atoms. The first-order valence-electron chi connectivity index (χ1n) is 5.67. The van der Waals surface area contributed by atoms with E-state index >= 15 is 0 Å². The molecule has 0 atom stereocenters. The third kappa shape index (κ3) is 1.79. The van der Waals surface area contributed by atoms with Crippen molar-refractivity contribution in [1.29, 1.82) is 0 Å². The number of nitrogens with zero attached hydrogens (tertiary/aromatic N) is 1. The number of likely N-dealkylation sites (N-methyl/N-ethyl adjacent to an activating group) is 1. The molecule has 1 aromatic rings. The third-order valence-corrected chi connectivity index (χ3v) is 3.31. The first kappa shape index (κ1) is 12.4. The van der Waals surface area contributed by atoms with E-state index in [1.54, 1.807) is 11.9 Å². The minimum atomic E-state index is -0.983. The second-order valence-corrected chi connectivity index (χ2v) is 4.94. The van der Waals surface area contributed by atoms with Gasteiger partial charge in [-0.05, 0) is 43.2 Å². The summed E-state index contributed by atoms with van der Waals surface area (Å²) in [7, 11) is 1.75. The summed E-state index contributed by atoms with van der Waals surface area (Å²) in [5.74, 6) is -0.931. The van der Waals surface area contributed by atoms with Crippen LogP contribution in [-0.2, 0) is 15.0 Å². The zero-order valence-corrected chi connectivity index (χ0v) is 10.6. The number of carbonyl (C=O) groups is 2. The Labute approximate surface area is 106 Å². The lowest BCUT2D eigenvalue weighted by Gasteiger charge is -2.16. The van der Waals surface area contributed by atoms with Gasteiger partial charge in [0.15, 0.2) is 0 Å². The van der Waals surface area contributed by atoms with Crippen LogP contribution in [0.4, 0.5) is 5.69 Å². The molecular formula is C14H15NO3. The van der Waals surface area contributed by atoms with Crippen molar-refractivity contribution < 1.29 is 14.7 Å². The van der Waals surface area contributed by atoms with Crippen molar-refractivity contribution in [3.05, 3.63) is 35.4 Å². The molecule has 0 saturated carbocycles. The molecule has 0 saturated heterocycles. The molecule has 0 spiro atoms. The van der Waals surface area contributed by atoms with E-state index in [0.717, 1.165) is 22.9 Å². The summed E-state index contributed by atoms with van der Waals surface area (Å²) < 4.78 is 0. The minimum absolute atomic E-state index is 0.0527. The third-order valence-electron chi connectivity index (χ3n) is 3.31. The van der Waals surface area contributed by atoms with Crippen LogP contribution >= 0.6 is 0 Å². The molecule has 1 aliphatic rings. The van der Waals surface area contributed by atoms with Gasteiger partial charge < -0.3 is 10.0 Å². The number of hydrogen-bond donors (Lipinski definition) is 1. The quantitative estimate of drug-likeness (QED) is 0.811. The van der Waals surface area contributed by atoms with Gasteiger partial charge in [-0.3, -0.25) is 4.79 Å². The smallest absolute Gasteiger partial charge is 0.328 e. The topological polar surface area (TPSA) is 57.6 Å². The number of benzene rings is 1. The van der Waals surface area contributed by atoms with Gasteiger partial charge in [0.1, 0.15) is 0 Å². The van der Waals surface area contributed by atoms with Crippen molar-refractivity contribution >= 4 is 23.6 Å². The standard InChI is InChI=1S/C14H15NO3/c1-14(2)10-8-9(5-7-12(16)17)4-6-11(10)15(3)13(14)18/h4-8H,1-3H3,(H,16,17)/b7-5+. The van der Waals surface area contributed by atoms with E-state index in [2.05, 4.69) is 0 Å². The molecular weight excluding hydrogens is 230 g/mol. The van der Waals surface area contributed by atoms with Crippen molar-refractivity contribution in [3.63, 3.8) is 0 Å². The number of amides is 1. The highest BCUT2D eigenvalue weighted by Crippen LogP contribution is 2.41. The van der Waals surface area contributed by atoms with E-state index < -0.39 is 11.4 Å². The molecule has 1 aliphatic heterocycles. The molecule has 1 heterocycles. The number of rotatable bonds is 2. The Bertz CT molecular complexity index is 558. The van der Waals surface area contributed by atoms with Crippen molar-refractivity contribution in [2.24, 2.45) is 0 Å². The molecule has 4 heteroatoms. The summed E-state index contributed by atoms with van der Waals surface area (Å²) in [6.07, 6.45) is 2.62. The van der Waals surface area contributed by atoms with E-state index in [-0.39, 0.29) is 5.91 Å². The summed E-state index contributed by atoms with van der Waals surface area (Å²) in [5.41, 5.74) is 2.05. The normalized spacial score (nSPS) is 17.3.